The Labute approximate surface area is 116 Å². The van der Waals surface area contributed by atoms with Crippen LogP contribution in [-0.2, 0) is 0 Å². The summed E-state index contributed by atoms with van der Waals surface area (Å²) >= 11 is 5.98. The van der Waals surface area contributed by atoms with E-state index in [1.165, 1.54) is 0 Å². The Kier molecular flexibility index (Phi) is 3.81. The van der Waals surface area contributed by atoms with Crippen molar-refractivity contribution in [1.82, 2.24) is 9.97 Å². The molecule has 0 aliphatic heterocycles. The van der Waals surface area contributed by atoms with Gasteiger partial charge < -0.3 is 5.32 Å². The fraction of sp³-hybridized carbons (Fsp3) is 0.214. The molecule has 98 valence electrons. The molecule has 0 saturated carbocycles. The predicted molar refractivity (Wildman–Crippen MR) is 75.6 cm³/mol. The van der Waals surface area contributed by atoms with Gasteiger partial charge in [-0.1, -0.05) is 11.6 Å². The molecule has 0 radical (unpaired) electrons. The average Bonchev–Trinajstić information content (AvgIpc) is 2.33. The molecule has 0 aliphatic rings. The fourth-order valence-corrected chi connectivity index (χ4v) is 2.04. The number of nitrogens with zero attached hydrogens (tertiary/aromatic N) is 2. The van der Waals surface area contributed by atoms with Gasteiger partial charge in [-0.05, 0) is 44.5 Å². The molecule has 2 aromatic heterocycles. The summed E-state index contributed by atoms with van der Waals surface area (Å²) in [6.07, 6.45) is 1.60. The second-order valence-electron chi connectivity index (χ2n) is 4.33. The Morgan fingerprint density at radius 1 is 1.21 bits per heavy atom. The minimum absolute atomic E-state index is 0.233. The van der Waals surface area contributed by atoms with Crippen molar-refractivity contribution in [2.75, 3.05) is 5.32 Å². The number of nitrogens with one attached hydrogen (secondary N) is 1. The second-order valence-corrected chi connectivity index (χ2v) is 4.69. The number of pyridine rings is 2. The minimum Gasteiger partial charge on any atom is -0.319 e. The predicted octanol–water partition coefficient (Wildman–Crippen LogP) is 3.31. The van der Waals surface area contributed by atoms with Crippen molar-refractivity contribution in [2.24, 2.45) is 0 Å². The lowest BCUT2D eigenvalue weighted by atomic mass is 10.1. The third kappa shape index (κ3) is 2.90. The summed E-state index contributed by atoms with van der Waals surface area (Å²) in [6.45, 7) is 5.56. The van der Waals surface area contributed by atoms with Crippen LogP contribution in [0.15, 0.2) is 24.4 Å². The van der Waals surface area contributed by atoms with E-state index in [0.29, 0.717) is 16.9 Å². The molecule has 0 spiro atoms. The topological polar surface area (TPSA) is 54.9 Å². The van der Waals surface area contributed by atoms with E-state index in [1.54, 1.807) is 31.3 Å². The van der Waals surface area contributed by atoms with E-state index in [0.717, 1.165) is 11.3 Å². The van der Waals surface area contributed by atoms with Crippen LogP contribution in [-0.4, -0.2) is 15.9 Å². The van der Waals surface area contributed by atoms with Gasteiger partial charge in [0.15, 0.2) is 5.15 Å². The molecule has 0 saturated heterocycles. The number of carbonyl (C=O) groups excluding carboxylic acids is 1. The van der Waals surface area contributed by atoms with E-state index < -0.39 is 0 Å². The summed E-state index contributed by atoms with van der Waals surface area (Å²) in [4.78, 5) is 20.4. The van der Waals surface area contributed by atoms with Gasteiger partial charge in [-0.3, -0.25) is 9.78 Å². The van der Waals surface area contributed by atoms with Crippen LogP contribution < -0.4 is 5.32 Å². The average molecular weight is 276 g/mol. The molecule has 19 heavy (non-hydrogen) atoms. The largest absolute Gasteiger partial charge is 0.319 e. The number of halogens is 1. The molecule has 0 aliphatic carbocycles. The number of amides is 1. The lowest BCUT2D eigenvalue weighted by molar-refractivity contribution is 0.102. The van der Waals surface area contributed by atoms with Crippen molar-refractivity contribution in [3.05, 3.63) is 52.1 Å². The SMILES string of the molecule is Cc1ccc(C(=O)Nc2c(C)ccnc2Cl)c(C)n1. The molecule has 0 unspecified atom stereocenters. The summed E-state index contributed by atoms with van der Waals surface area (Å²) in [7, 11) is 0. The van der Waals surface area contributed by atoms with E-state index >= 15 is 0 Å². The highest BCUT2D eigenvalue weighted by atomic mass is 35.5. The first kappa shape index (κ1) is 13.5. The first-order chi connectivity index (χ1) is 8.99. The monoisotopic (exact) mass is 275 g/mol. The van der Waals surface area contributed by atoms with Gasteiger partial charge in [-0.15, -0.1) is 0 Å². The summed E-state index contributed by atoms with van der Waals surface area (Å²) in [6, 6.07) is 5.36. The quantitative estimate of drug-likeness (QED) is 0.856. The van der Waals surface area contributed by atoms with Crippen molar-refractivity contribution >= 4 is 23.2 Å². The summed E-state index contributed by atoms with van der Waals surface area (Å²) in [5.41, 5.74) is 3.50. The van der Waals surface area contributed by atoms with Crippen LogP contribution in [0.2, 0.25) is 5.15 Å². The molecule has 5 heteroatoms. The number of hydrogen-bond donors (Lipinski definition) is 1. The van der Waals surface area contributed by atoms with Crippen LogP contribution in [0.3, 0.4) is 0 Å². The van der Waals surface area contributed by atoms with Crippen molar-refractivity contribution < 1.29 is 4.79 Å². The van der Waals surface area contributed by atoms with Gasteiger partial charge >= 0.3 is 0 Å². The smallest absolute Gasteiger partial charge is 0.257 e. The third-order valence-corrected chi connectivity index (χ3v) is 3.11. The van der Waals surface area contributed by atoms with Gasteiger partial charge in [0.2, 0.25) is 0 Å². The normalized spacial score (nSPS) is 10.3. The van der Waals surface area contributed by atoms with E-state index in [1.807, 2.05) is 13.8 Å². The molecule has 0 fully saturated rings. The molecule has 2 rings (SSSR count). The lowest BCUT2D eigenvalue weighted by Crippen LogP contribution is -2.15. The lowest BCUT2D eigenvalue weighted by Gasteiger charge is -2.10. The van der Waals surface area contributed by atoms with Gasteiger partial charge in [0.1, 0.15) is 0 Å². The van der Waals surface area contributed by atoms with Crippen LogP contribution in [0.5, 0.6) is 0 Å². The van der Waals surface area contributed by atoms with Gasteiger partial charge in [0.05, 0.1) is 16.9 Å². The van der Waals surface area contributed by atoms with Gasteiger partial charge in [-0.25, -0.2) is 4.98 Å². The number of anilines is 1. The first-order valence-corrected chi connectivity index (χ1v) is 6.23. The van der Waals surface area contributed by atoms with E-state index in [4.69, 9.17) is 11.6 Å². The molecule has 4 nitrogen and oxygen atoms in total. The van der Waals surface area contributed by atoms with Crippen molar-refractivity contribution in [2.45, 2.75) is 20.8 Å². The Hall–Kier alpha value is -1.94. The minimum atomic E-state index is -0.233. The Morgan fingerprint density at radius 2 is 1.95 bits per heavy atom. The molecule has 1 N–H and O–H groups in total. The van der Waals surface area contributed by atoms with Gasteiger partial charge in [0.25, 0.3) is 5.91 Å². The third-order valence-electron chi connectivity index (χ3n) is 2.82. The highest BCUT2D eigenvalue weighted by Gasteiger charge is 2.13. The zero-order valence-electron chi connectivity index (χ0n) is 11.0. The fourth-order valence-electron chi connectivity index (χ4n) is 1.78. The number of hydrogen-bond acceptors (Lipinski definition) is 3. The Bertz CT molecular complexity index is 620. The van der Waals surface area contributed by atoms with E-state index in [2.05, 4.69) is 15.3 Å². The summed E-state index contributed by atoms with van der Waals surface area (Å²) < 4.78 is 0. The van der Waals surface area contributed by atoms with Crippen LogP contribution in [0, 0.1) is 20.8 Å². The number of aryl methyl sites for hydroxylation is 3. The zero-order chi connectivity index (χ0) is 14.0. The van der Waals surface area contributed by atoms with E-state index in [9.17, 15) is 4.79 Å². The van der Waals surface area contributed by atoms with Gasteiger partial charge in [0, 0.05) is 11.9 Å². The van der Waals surface area contributed by atoms with Crippen molar-refractivity contribution in [1.29, 1.82) is 0 Å². The maximum absolute atomic E-state index is 12.2. The highest BCUT2D eigenvalue weighted by Crippen LogP contribution is 2.23. The first-order valence-electron chi connectivity index (χ1n) is 5.85. The van der Waals surface area contributed by atoms with Crippen LogP contribution in [0.1, 0.15) is 27.3 Å². The van der Waals surface area contributed by atoms with Gasteiger partial charge in [-0.2, -0.15) is 0 Å². The highest BCUT2D eigenvalue weighted by molar-refractivity contribution is 6.32. The van der Waals surface area contributed by atoms with Crippen molar-refractivity contribution in [3.63, 3.8) is 0 Å². The van der Waals surface area contributed by atoms with Crippen LogP contribution >= 0.6 is 11.6 Å². The zero-order valence-corrected chi connectivity index (χ0v) is 11.7. The molecule has 0 atom stereocenters. The molecule has 2 aromatic rings. The van der Waals surface area contributed by atoms with Crippen LogP contribution in [0.4, 0.5) is 5.69 Å². The Balaban J connectivity index is 2.31. The number of aromatic nitrogens is 2. The molecular formula is C14H14ClN3O. The maximum Gasteiger partial charge on any atom is 0.257 e. The summed E-state index contributed by atoms with van der Waals surface area (Å²) in [5, 5.41) is 3.07. The second kappa shape index (κ2) is 5.36. The molecule has 0 aromatic carbocycles. The molecule has 1 amide bonds. The van der Waals surface area contributed by atoms with Crippen LogP contribution in [0.25, 0.3) is 0 Å². The number of rotatable bonds is 2. The standard InChI is InChI=1S/C14H14ClN3O/c1-8-6-7-16-13(15)12(8)18-14(19)11-5-4-9(2)17-10(11)3/h4-7H,1-3H3,(H,18,19). The summed E-state index contributed by atoms with van der Waals surface area (Å²) in [5.74, 6) is -0.233. The van der Waals surface area contributed by atoms with Crippen molar-refractivity contribution in [3.8, 4) is 0 Å². The number of carbonyl (C=O) groups is 1. The maximum atomic E-state index is 12.2. The molecular weight excluding hydrogens is 262 g/mol. The molecule has 0 bridgehead atoms. The molecule has 2 heterocycles. The Morgan fingerprint density at radius 3 is 2.58 bits per heavy atom. The van der Waals surface area contributed by atoms with E-state index in [-0.39, 0.29) is 11.1 Å².